The lowest BCUT2D eigenvalue weighted by Gasteiger charge is -2.12. The largest absolute Gasteiger partial charge is 0.399 e. The van der Waals surface area contributed by atoms with Crippen molar-refractivity contribution in [2.45, 2.75) is 6.54 Å². The average Bonchev–Trinajstić information content (AvgIpc) is 3.30. The number of nitrogens with two attached hydrogens (primary N) is 1. The number of amides is 1. The highest BCUT2D eigenvalue weighted by molar-refractivity contribution is 6.01. The maximum atomic E-state index is 12.3. The SMILES string of the molecule is Nc1ccc(N2C=C2)c(C(=O)NCc2ccccc2)c1. The molecule has 0 aliphatic carbocycles. The van der Waals surface area contributed by atoms with Crippen LogP contribution in [0.4, 0.5) is 11.4 Å². The van der Waals surface area contributed by atoms with E-state index < -0.39 is 0 Å². The monoisotopic (exact) mass is 265 g/mol. The van der Waals surface area contributed by atoms with Crippen LogP contribution < -0.4 is 16.0 Å². The Hall–Kier alpha value is -2.75. The van der Waals surface area contributed by atoms with Crippen molar-refractivity contribution in [2.24, 2.45) is 0 Å². The van der Waals surface area contributed by atoms with Gasteiger partial charge in [0.2, 0.25) is 0 Å². The van der Waals surface area contributed by atoms with Gasteiger partial charge >= 0.3 is 0 Å². The zero-order valence-electron chi connectivity index (χ0n) is 10.9. The molecule has 0 bridgehead atoms. The molecule has 0 radical (unpaired) electrons. The molecule has 0 saturated carbocycles. The van der Waals surface area contributed by atoms with Gasteiger partial charge in [-0.25, -0.2) is 0 Å². The van der Waals surface area contributed by atoms with Crippen LogP contribution in [-0.2, 0) is 6.54 Å². The third-order valence-corrected chi connectivity index (χ3v) is 3.14. The van der Waals surface area contributed by atoms with E-state index in [-0.39, 0.29) is 5.91 Å². The van der Waals surface area contributed by atoms with Crippen molar-refractivity contribution >= 4 is 17.3 Å². The molecule has 4 heteroatoms. The molecular formula is C16H15N3O. The minimum Gasteiger partial charge on any atom is -0.399 e. The lowest BCUT2D eigenvalue weighted by molar-refractivity contribution is 0.0951. The fourth-order valence-corrected chi connectivity index (χ4v) is 2.03. The van der Waals surface area contributed by atoms with Crippen LogP contribution in [0.2, 0.25) is 0 Å². The van der Waals surface area contributed by atoms with Gasteiger partial charge in [-0.2, -0.15) is 0 Å². The van der Waals surface area contributed by atoms with Crippen LogP contribution in [0.25, 0.3) is 0 Å². The van der Waals surface area contributed by atoms with E-state index in [1.165, 1.54) is 0 Å². The Bertz CT molecular complexity index is 659. The van der Waals surface area contributed by atoms with Crippen molar-refractivity contribution in [1.82, 2.24) is 5.32 Å². The number of carbonyl (C=O) groups is 1. The Morgan fingerprint density at radius 1 is 1.10 bits per heavy atom. The van der Waals surface area contributed by atoms with Crippen LogP contribution in [0, 0.1) is 0 Å². The molecule has 0 atom stereocenters. The second-order valence-electron chi connectivity index (χ2n) is 4.65. The molecule has 4 nitrogen and oxygen atoms in total. The molecule has 0 saturated heterocycles. The summed E-state index contributed by atoms with van der Waals surface area (Å²) in [5, 5.41) is 2.92. The van der Waals surface area contributed by atoms with Crippen LogP contribution in [0.3, 0.4) is 0 Å². The number of rotatable bonds is 4. The quantitative estimate of drug-likeness (QED) is 0.835. The molecule has 0 spiro atoms. The van der Waals surface area contributed by atoms with Crippen LogP contribution in [0.15, 0.2) is 60.9 Å². The van der Waals surface area contributed by atoms with Gasteiger partial charge in [0.05, 0.1) is 11.3 Å². The molecule has 1 heterocycles. The number of nitrogens with zero attached hydrogens (tertiary/aromatic N) is 1. The average molecular weight is 265 g/mol. The van der Waals surface area contributed by atoms with E-state index in [0.717, 1.165) is 11.3 Å². The third kappa shape index (κ3) is 2.64. The van der Waals surface area contributed by atoms with Gasteiger partial charge in [0.25, 0.3) is 5.91 Å². The molecule has 1 amide bonds. The first kappa shape index (κ1) is 12.3. The minimum absolute atomic E-state index is 0.121. The topological polar surface area (TPSA) is 58.1 Å². The van der Waals surface area contributed by atoms with Crippen LogP contribution in [0.5, 0.6) is 0 Å². The number of nitrogens with one attached hydrogen (secondary N) is 1. The van der Waals surface area contributed by atoms with Gasteiger partial charge in [-0.15, -0.1) is 0 Å². The van der Waals surface area contributed by atoms with Gasteiger partial charge in [-0.3, -0.25) is 4.79 Å². The number of benzene rings is 2. The summed E-state index contributed by atoms with van der Waals surface area (Å²) in [6.45, 7) is 0.501. The number of carbonyl (C=O) groups excluding carboxylic acids is 1. The summed E-state index contributed by atoms with van der Waals surface area (Å²) in [5.41, 5.74) is 8.86. The fourth-order valence-electron chi connectivity index (χ4n) is 2.03. The predicted molar refractivity (Wildman–Crippen MR) is 80.1 cm³/mol. The lowest BCUT2D eigenvalue weighted by Crippen LogP contribution is -2.24. The first-order valence-corrected chi connectivity index (χ1v) is 6.42. The lowest BCUT2D eigenvalue weighted by atomic mass is 10.1. The predicted octanol–water partition coefficient (Wildman–Crippen LogP) is 2.49. The van der Waals surface area contributed by atoms with Crippen LogP contribution >= 0.6 is 0 Å². The Labute approximate surface area is 117 Å². The zero-order chi connectivity index (χ0) is 13.9. The standard InChI is InChI=1S/C16H15N3O/c17-13-6-7-15(19-8-9-19)14(10-13)16(20)18-11-12-4-2-1-3-5-12/h1-10H,11,17H2,(H,18,20). The van der Waals surface area contributed by atoms with Gasteiger partial charge in [-0.05, 0) is 23.8 Å². The second kappa shape index (κ2) is 5.09. The summed E-state index contributed by atoms with van der Waals surface area (Å²) in [4.78, 5) is 14.2. The van der Waals surface area contributed by atoms with Crippen molar-refractivity contribution < 1.29 is 4.79 Å². The second-order valence-corrected chi connectivity index (χ2v) is 4.65. The molecule has 2 aromatic rings. The molecule has 3 rings (SSSR count). The minimum atomic E-state index is -0.121. The van der Waals surface area contributed by atoms with E-state index in [9.17, 15) is 4.79 Å². The maximum absolute atomic E-state index is 12.3. The smallest absolute Gasteiger partial charge is 0.253 e. The van der Waals surface area contributed by atoms with Gasteiger partial charge in [0.1, 0.15) is 0 Å². The highest BCUT2D eigenvalue weighted by Crippen LogP contribution is 2.28. The van der Waals surface area contributed by atoms with Gasteiger partial charge in [0.15, 0.2) is 0 Å². The number of nitrogen functional groups attached to an aromatic ring is 1. The summed E-state index contributed by atoms with van der Waals surface area (Å²) in [5.74, 6) is -0.121. The van der Waals surface area contributed by atoms with Crippen LogP contribution in [-0.4, -0.2) is 5.91 Å². The highest BCUT2D eigenvalue weighted by atomic mass is 16.1. The summed E-state index contributed by atoms with van der Waals surface area (Å²) in [6.07, 6.45) is 3.80. The Balaban J connectivity index is 1.75. The molecule has 0 unspecified atom stereocenters. The number of anilines is 2. The molecule has 1 aliphatic rings. The van der Waals surface area contributed by atoms with Crippen LogP contribution in [0.1, 0.15) is 15.9 Å². The van der Waals surface area contributed by atoms with Crippen molar-refractivity contribution in [3.63, 3.8) is 0 Å². The van der Waals surface area contributed by atoms with E-state index in [4.69, 9.17) is 5.73 Å². The summed E-state index contributed by atoms with van der Waals surface area (Å²) >= 11 is 0. The third-order valence-electron chi connectivity index (χ3n) is 3.14. The molecule has 1 aliphatic heterocycles. The number of hydrogen-bond donors (Lipinski definition) is 2. The Kier molecular flexibility index (Phi) is 3.13. The van der Waals surface area contributed by atoms with Crippen molar-refractivity contribution in [1.29, 1.82) is 0 Å². The van der Waals surface area contributed by atoms with E-state index >= 15 is 0 Å². The molecule has 100 valence electrons. The fraction of sp³-hybridized carbons (Fsp3) is 0.0625. The van der Waals surface area contributed by atoms with Gasteiger partial charge in [0, 0.05) is 24.6 Å². The summed E-state index contributed by atoms with van der Waals surface area (Å²) < 4.78 is 0. The summed E-state index contributed by atoms with van der Waals surface area (Å²) in [6, 6.07) is 15.2. The molecule has 20 heavy (non-hydrogen) atoms. The first-order valence-electron chi connectivity index (χ1n) is 6.42. The van der Waals surface area contributed by atoms with E-state index in [1.54, 1.807) is 12.1 Å². The van der Waals surface area contributed by atoms with Crippen molar-refractivity contribution in [2.75, 3.05) is 10.6 Å². The summed E-state index contributed by atoms with van der Waals surface area (Å²) in [7, 11) is 0. The van der Waals surface area contributed by atoms with Crippen molar-refractivity contribution in [3.05, 3.63) is 72.1 Å². The normalized spacial score (nSPS) is 12.3. The van der Waals surface area contributed by atoms with E-state index in [0.29, 0.717) is 17.8 Å². The maximum Gasteiger partial charge on any atom is 0.253 e. The van der Waals surface area contributed by atoms with E-state index in [2.05, 4.69) is 5.32 Å². The molecule has 2 aromatic carbocycles. The Morgan fingerprint density at radius 3 is 2.55 bits per heavy atom. The number of hydrogen-bond acceptors (Lipinski definition) is 3. The molecule has 0 fully saturated rings. The van der Waals surface area contributed by atoms with Gasteiger partial charge < -0.3 is 16.0 Å². The molecule has 3 N–H and O–H groups in total. The van der Waals surface area contributed by atoms with E-state index in [1.807, 2.05) is 53.7 Å². The first-order chi connectivity index (χ1) is 9.74. The van der Waals surface area contributed by atoms with Crippen molar-refractivity contribution in [3.8, 4) is 0 Å². The molecule has 0 aromatic heterocycles. The van der Waals surface area contributed by atoms with Gasteiger partial charge in [-0.1, -0.05) is 30.3 Å². The zero-order valence-corrected chi connectivity index (χ0v) is 10.9. The Morgan fingerprint density at radius 2 is 1.85 bits per heavy atom. The highest BCUT2D eigenvalue weighted by Gasteiger charge is 2.18. The molecular weight excluding hydrogens is 250 g/mol.